The Morgan fingerprint density at radius 1 is 0.870 bits per heavy atom. The van der Waals surface area contributed by atoms with Gasteiger partial charge in [0.25, 0.3) is 5.91 Å². The molecule has 0 radical (unpaired) electrons. The van der Waals surface area contributed by atoms with E-state index in [1.807, 2.05) is 54.6 Å². The third-order valence-electron chi connectivity index (χ3n) is 7.50. The van der Waals surface area contributed by atoms with E-state index < -0.39 is 29.9 Å². The number of esters is 1. The van der Waals surface area contributed by atoms with Gasteiger partial charge in [0.15, 0.2) is 0 Å². The summed E-state index contributed by atoms with van der Waals surface area (Å²) >= 11 is 0. The third-order valence-corrected chi connectivity index (χ3v) is 7.50. The molecule has 3 aromatic carbocycles. The Morgan fingerprint density at radius 3 is 2.28 bits per heavy atom. The molecule has 0 saturated carbocycles. The van der Waals surface area contributed by atoms with Gasteiger partial charge in [-0.2, -0.15) is 0 Å². The highest BCUT2D eigenvalue weighted by Gasteiger charge is 2.30. The van der Waals surface area contributed by atoms with Gasteiger partial charge < -0.3 is 34.5 Å². The first kappa shape index (κ1) is 33.6. The Labute approximate surface area is 268 Å². The zero-order chi connectivity index (χ0) is 32.9. The van der Waals surface area contributed by atoms with E-state index in [1.54, 1.807) is 42.4 Å². The SMILES string of the molecule is COC(=O)[C@@H]1CCC(=O)N(Cc2ccc(OC)cc2)C/C=C\COc2cc(OC)ccc2C(=O)N[C@H](Cc2ccccc2)C(=O)N1. The maximum Gasteiger partial charge on any atom is 0.328 e. The van der Waals surface area contributed by atoms with Crippen molar-refractivity contribution in [3.8, 4) is 17.2 Å². The largest absolute Gasteiger partial charge is 0.497 e. The van der Waals surface area contributed by atoms with E-state index in [4.69, 9.17) is 18.9 Å². The summed E-state index contributed by atoms with van der Waals surface area (Å²) in [7, 11) is 4.31. The fourth-order valence-electron chi connectivity index (χ4n) is 4.93. The highest BCUT2D eigenvalue weighted by atomic mass is 16.5. The fourth-order valence-corrected chi connectivity index (χ4v) is 4.93. The second-order valence-corrected chi connectivity index (χ2v) is 10.6. The third kappa shape index (κ3) is 9.34. The predicted molar refractivity (Wildman–Crippen MR) is 171 cm³/mol. The number of carbonyl (C=O) groups excluding carboxylic acids is 4. The Kier molecular flexibility index (Phi) is 12.2. The van der Waals surface area contributed by atoms with Crippen LogP contribution in [0.5, 0.6) is 17.2 Å². The van der Waals surface area contributed by atoms with Gasteiger partial charge in [0.1, 0.15) is 35.9 Å². The van der Waals surface area contributed by atoms with Crippen LogP contribution in [0.25, 0.3) is 0 Å². The first-order chi connectivity index (χ1) is 22.3. The van der Waals surface area contributed by atoms with Gasteiger partial charge in [0.2, 0.25) is 11.8 Å². The molecule has 0 fully saturated rings. The second kappa shape index (κ2) is 16.7. The summed E-state index contributed by atoms with van der Waals surface area (Å²) in [6, 6.07) is 19.2. The van der Waals surface area contributed by atoms with E-state index in [9.17, 15) is 19.2 Å². The standard InChI is InChI=1S/C35H39N3O8/c1-43-26-13-11-25(12-14-26)23-38-19-7-8-20-46-31-22-27(44-2)15-16-28(31)33(40)37-30(21-24-9-5-4-6-10-24)34(41)36-29(35(42)45-3)17-18-32(38)39/h4-16,22,29-30H,17-21,23H2,1-3H3,(H,36,41)(H,37,40)/b8-7-/t29-,30+/m0/s1. The molecule has 0 bridgehead atoms. The highest BCUT2D eigenvalue weighted by Crippen LogP contribution is 2.25. The Morgan fingerprint density at radius 2 is 1.59 bits per heavy atom. The Bertz CT molecular complexity index is 1520. The summed E-state index contributed by atoms with van der Waals surface area (Å²) in [5.74, 6) is -0.632. The lowest BCUT2D eigenvalue weighted by Crippen LogP contribution is -2.53. The molecule has 0 aromatic heterocycles. The van der Waals surface area contributed by atoms with Gasteiger partial charge in [-0.25, -0.2) is 4.79 Å². The van der Waals surface area contributed by atoms with Crippen molar-refractivity contribution in [1.29, 1.82) is 0 Å². The van der Waals surface area contributed by atoms with Crippen LogP contribution in [0.15, 0.2) is 84.9 Å². The quantitative estimate of drug-likeness (QED) is 0.300. The van der Waals surface area contributed by atoms with Gasteiger partial charge in [0, 0.05) is 32.0 Å². The first-order valence-corrected chi connectivity index (χ1v) is 14.9. The molecular formula is C35H39N3O8. The number of fused-ring (bicyclic) bond motifs is 1. The summed E-state index contributed by atoms with van der Waals surface area (Å²) in [4.78, 5) is 55.2. The van der Waals surface area contributed by atoms with Crippen LogP contribution in [0.4, 0.5) is 0 Å². The number of benzene rings is 3. The van der Waals surface area contributed by atoms with Gasteiger partial charge in [-0.3, -0.25) is 14.4 Å². The van der Waals surface area contributed by atoms with Crippen LogP contribution in [0.1, 0.15) is 34.3 Å². The van der Waals surface area contributed by atoms with E-state index in [2.05, 4.69) is 10.6 Å². The van der Waals surface area contributed by atoms with Crippen molar-refractivity contribution in [2.75, 3.05) is 34.5 Å². The molecule has 3 aromatic rings. The number of nitrogens with zero attached hydrogens (tertiary/aromatic N) is 1. The molecule has 2 atom stereocenters. The first-order valence-electron chi connectivity index (χ1n) is 14.9. The molecular weight excluding hydrogens is 590 g/mol. The molecule has 3 amide bonds. The summed E-state index contributed by atoms with van der Waals surface area (Å²) in [6.45, 7) is 0.672. The lowest BCUT2D eigenvalue weighted by Gasteiger charge is -2.24. The topological polar surface area (TPSA) is 132 Å². The molecule has 0 spiro atoms. The van der Waals surface area contributed by atoms with Crippen LogP contribution >= 0.6 is 0 Å². The molecule has 11 heteroatoms. The summed E-state index contributed by atoms with van der Waals surface area (Å²) in [6.07, 6.45) is 3.66. The lowest BCUT2D eigenvalue weighted by atomic mass is 10.0. The normalized spacial score (nSPS) is 18.6. The van der Waals surface area contributed by atoms with Crippen LogP contribution in [0.3, 0.4) is 0 Å². The molecule has 0 aliphatic carbocycles. The van der Waals surface area contributed by atoms with Crippen molar-refractivity contribution in [3.63, 3.8) is 0 Å². The average molecular weight is 630 g/mol. The summed E-state index contributed by atoms with van der Waals surface area (Å²) in [5, 5.41) is 5.52. The maximum absolute atomic E-state index is 13.7. The van der Waals surface area contributed by atoms with Gasteiger partial charge in [-0.15, -0.1) is 0 Å². The smallest absolute Gasteiger partial charge is 0.328 e. The number of nitrogens with one attached hydrogen (secondary N) is 2. The van der Waals surface area contributed by atoms with E-state index in [0.29, 0.717) is 18.0 Å². The number of amides is 3. The number of rotatable bonds is 7. The van der Waals surface area contributed by atoms with Crippen molar-refractivity contribution in [3.05, 3.63) is 102 Å². The van der Waals surface area contributed by atoms with E-state index in [-0.39, 0.29) is 49.6 Å². The second-order valence-electron chi connectivity index (χ2n) is 10.6. The lowest BCUT2D eigenvalue weighted by molar-refractivity contribution is -0.145. The van der Waals surface area contributed by atoms with Crippen molar-refractivity contribution < 1.29 is 38.1 Å². The fraction of sp³-hybridized carbons (Fsp3) is 0.314. The molecule has 11 nitrogen and oxygen atoms in total. The zero-order valence-electron chi connectivity index (χ0n) is 26.2. The molecule has 4 rings (SSSR count). The summed E-state index contributed by atoms with van der Waals surface area (Å²) in [5.41, 5.74) is 1.88. The molecule has 0 unspecified atom stereocenters. The van der Waals surface area contributed by atoms with Gasteiger partial charge in [-0.05, 0) is 47.9 Å². The average Bonchev–Trinajstić information content (AvgIpc) is 3.08. The number of ether oxygens (including phenoxy) is 4. The number of hydrogen-bond donors (Lipinski definition) is 2. The minimum atomic E-state index is -1.12. The Balaban J connectivity index is 1.67. The van der Waals surface area contributed by atoms with Gasteiger partial charge in [0.05, 0.1) is 26.9 Å². The molecule has 0 saturated heterocycles. The zero-order valence-corrected chi connectivity index (χ0v) is 26.2. The monoisotopic (exact) mass is 629 g/mol. The van der Waals surface area contributed by atoms with Crippen LogP contribution in [-0.4, -0.2) is 75.2 Å². The van der Waals surface area contributed by atoms with Crippen LogP contribution < -0.4 is 24.8 Å². The van der Waals surface area contributed by atoms with Gasteiger partial charge >= 0.3 is 5.97 Å². The molecule has 1 aliphatic heterocycles. The predicted octanol–water partition coefficient (Wildman–Crippen LogP) is 3.46. The minimum Gasteiger partial charge on any atom is -0.497 e. The molecule has 2 N–H and O–H groups in total. The van der Waals surface area contributed by atoms with Crippen molar-refractivity contribution >= 4 is 23.7 Å². The molecule has 1 aliphatic rings. The van der Waals surface area contributed by atoms with Crippen LogP contribution in [-0.2, 0) is 32.1 Å². The van der Waals surface area contributed by atoms with Gasteiger partial charge in [-0.1, -0.05) is 48.5 Å². The highest BCUT2D eigenvalue weighted by molar-refractivity contribution is 6.00. The number of carbonyl (C=O) groups is 4. The minimum absolute atomic E-state index is 0.00217. The number of methoxy groups -OCH3 is 3. The molecule has 46 heavy (non-hydrogen) atoms. The number of hydrogen-bond acceptors (Lipinski definition) is 8. The van der Waals surface area contributed by atoms with Crippen molar-refractivity contribution in [2.24, 2.45) is 0 Å². The van der Waals surface area contributed by atoms with Crippen molar-refractivity contribution in [1.82, 2.24) is 15.5 Å². The molecule has 242 valence electrons. The maximum atomic E-state index is 13.7. The van der Waals surface area contributed by atoms with E-state index >= 15 is 0 Å². The summed E-state index contributed by atoms with van der Waals surface area (Å²) < 4.78 is 21.5. The van der Waals surface area contributed by atoms with E-state index in [0.717, 1.165) is 11.1 Å². The Hall–Kier alpha value is -5.32. The van der Waals surface area contributed by atoms with Crippen LogP contribution in [0.2, 0.25) is 0 Å². The van der Waals surface area contributed by atoms with Crippen molar-refractivity contribution in [2.45, 2.75) is 37.9 Å². The van der Waals surface area contributed by atoms with E-state index in [1.165, 1.54) is 14.2 Å². The van der Waals surface area contributed by atoms with Crippen LogP contribution in [0, 0.1) is 0 Å². The molecule has 1 heterocycles.